The Morgan fingerprint density at radius 2 is 1.79 bits per heavy atom. The van der Waals surface area contributed by atoms with Crippen LogP contribution in [0.2, 0.25) is 5.02 Å². The van der Waals surface area contributed by atoms with E-state index in [1.807, 2.05) is 31.2 Å². The molecular formula is C14H10Br2ClIO. The lowest BCUT2D eigenvalue weighted by Crippen LogP contribution is -2.03. The second kappa shape index (κ2) is 6.43. The molecule has 2 aromatic rings. The van der Waals surface area contributed by atoms with E-state index in [2.05, 4.69) is 54.5 Å². The van der Waals surface area contributed by atoms with E-state index in [0.717, 1.165) is 29.2 Å². The topological polar surface area (TPSA) is 20.2 Å². The van der Waals surface area contributed by atoms with Gasteiger partial charge in [0.25, 0.3) is 0 Å². The molecule has 100 valence electrons. The summed E-state index contributed by atoms with van der Waals surface area (Å²) in [5.74, 6) is 0. The van der Waals surface area contributed by atoms with Crippen molar-refractivity contribution in [2.75, 3.05) is 0 Å². The molecule has 1 N–H and O–H groups in total. The maximum absolute atomic E-state index is 10.6. The maximum Gasteiger partial charge on any atom is 0.106 e. The van der Waals surface area contributed by atoms with Crippen LogP contribution in [0.15, 0.2) is 39.3 Å². The van der Waals surface area contributed by atoms with Crippen molar-refractivity contribution in [3.63, 3.8) is 0 Å². The van der Waals surface area contributed by atoms with Crippen LogP contribution in [0.3, 0.4) is 0 Å². The molecule has 0 aliphatic heterocycles. The number of halogens is 4. The Hall–Kier alpha value is 0.380. The van der Waals surface area contributed by atoms with Gasteiger partial charge in [-0.25, -0.2) is 0 Å². The summed E-state index contributed by atoms with van der Waals surface area (Å²) < 4.78 is 2.84. The zero-order valence-electron chi connectivity index (χ0n) is 9.92. The van der Waals surface area contributed by atoms with Crippen LogP contribution in [-0.2, 0) is 0 Å². The minimum Gasteiger partial charge on any atom is -0.384 e. The highest BCUT2D eigenvalue weighted by atomic mass is 127. The standard InChI is InChI=1S/C14H10Br2ClIO/c1-7-4-12(16)9(6-11(7)15)14(19)10-5-8(17)2-3-13(10)18/h2-6,14,19H,1H3. The Bertz CT molecular complexity index is 631. The normalized spacial score (nSPS) is 12.5. The highest BCUT2D eigenvalue weighted by Crippen LogP contribution is 2.35. The van der Waals surface area contributed by atoms with Gasteiger partial charge in [-0.1, -0.05) is 43.5 Å². The molecule has 0 fully saturated rings. The van der Waals surface area contributed by atoms with E-state index in [1.165, 1.54) is 0 Å². The first kappa shape index (κ1) is 15.8. The molecule has 0 bridgehead atoms. The average Bonchev–Trinajstić information content (AvgIpc) is 2.36. The molecule has 1 atom stereocenters. The summed E-state index contributed by atoms with van der Waals surface area (Å²) in [6.45, 7) is 2.01. The van der Waals surface area contributed by atoms with E-state index in [-0.39, 0.29) is 0 Å². The molecule has 2 rings (SSSR count). The van der Waals surface area contributed by atoms with Crippen molar-refractivity contribution < 1.29 is 5.11 Å². The number of aryl methyl sites for hydroxylation is 1. The molecule has 0 radical (unpaired) electrons. The van der Waals surface area contributed by atoms with Crippen molar-refractivity contribution in [3.05, 3.63) is 64.6 Å². The summed E-state index contributed by atoms with van der Waals surface area (Å²) in [6, 6.07) is 9.44. The van der Waals surface area contributed by atoms with Crippen LogP contribution < -0.4 is 0 Å². The Labute approximate surface area is 147 Å². The Morgan fingerprint density at radius 3 is 2.47 bits per heavy atom. The lowest BCUT2D eigenvalue weighted by atomic mass is 10.0. The fraction of sp³-hybridized carbons (Fsp3) is 0.143. The van der Waals surface area contributed by atoms with Crippen LogP contribution in [0.4, 0.5) is 0 Å². The Balaban J connectivity index is 2.52. The number of hydrogen-bond acceptors (Lipinski definition) is 1. The molecule has 5 heteroatoms. The predicted molar refractivity (Wildman–Crippen MR) is 94.8 cm³/mol. The zero-order valence-corrected chi connectivity index (χ0v) is 16.0. The van der Waals surface area contributed by atoms with Gasteiger partial charge in [-0.05, 0) is 71.0 Å². The van der Waals surface area contributed by atoms with Crippen LogP contribution in [0, 0.1) is 10.5 Å². The molecule has 0 heterocycles. The second-order valence-electron chi connectivity index (χ2n) is 4.19. The summed E-state index contributed by atoms with van der Waals surface area (Å²) in [5, 5.41) is 11.2. The molecule has 0 aliphatic carbocycles. The highest BCUT2D eigenvalue weighted by Gasteiger charge is 2.18. The lowest BCUT2D eigenvalue weighted by molar-refractivity contribution is 0.218. The van der Waals surface area contributed by atoms with E-state index >= 15 is 0 Å². The van der Waals surface area contributed by atoms with Crippen molar-refractivity contribution in [1.82, 2.24) is 0 Å². The van der Waals surface area contributed by atoms with Crippen molar-refractivity contribution in [2.45, 2.75) is 13.0 Å². The summed E-state index contributed by atoms with van der Waals surface area (Å²) in [4.78, 5) is 0. The van der Waals surface area contributed by atoms with Gasteiger partial charge in [0.15, 0.2) is 0 Å². The van der Waals surface area contributed by atoms with Gasteiger partial charge in [-0.15, -0.1) is 0 Å². The van der Waals surface area contributed by atoms with Gasteiger partial charge in [0, 0.05) is 23.1 Å². The van der Waals surface area contributed by atoms with Crippen molar-refractivity contribution in [1.29, 1.82) is 0 Å². The summed E-state index contributed by atoms with van der Waals surface area (Å²) in [6.07, 6.45) is -0.711. The van der Waals surface area contributed by atoms with Crippen molar-refractivity contribution >= 4 is 66.1 Å². The fourth-order valence-electron chi connectivity index (χ4n) is 1.76. The van der Waals surface area contributed by atoms with Crippen LogP contribution in [0.25, 0.3) is 0 Å². The molecule has 0 aliphatic rings. The number of aliphatic hydroxyl groups is 1. The third kappa shape index (κ3) is 3.53. The quantitative estimate of drug-likeness (QED) is 0.496. The minimum absolute atomic E-state index is 0.622. The molecule has 1 nitrogen and oxygen atoms in total. The van der Waals surface area contributed by atoms with Gasteiger partial charge in [0.05, 0.1) is 0 Å². The van der Waals surface area contributed by atoms with Gasteiger partial charge in [-0.3, -0.25) is 0 Å². The third-order valence-corrected chi connectivity index (χ3v) is 5.58. The smallest absolute Gasteiger partial charge is 0.106 e. The number of aliphatic hydroxyl groups excluding tert-OH is 1. The SMILES string of the molecule is Cc1cc(Br)c(C(O)c2cc(Cl)ccc2I)cc1Br. The monoisotopic (exact) mass is 514 g/mol. The maximum atomic E-state index is 10.6. The Kier molecular flexibility index (Phi) is 5.34. The van der Waals surface area contributed by atoms with Gasteiger partial charge >= 0.3 is 0 Å². The molecule has 1 unspecified atom stereocenters. The summed E-state index contributed by atoms with van der Waals surface area (Å²) in [5.41, 5.74) is 2.74. The van der Waals surface area contributed by atoms with Crippen molar-refractivity contribution in [3.8, 4) is 0 Å². The summed E-state index contributed by atoms with van der Waals surface area (Å²) >= 11 is 15.2. The highest BCUT2D eigenvalue weighted by molar-refractivity contribution is 14.1. The second-order valence-corrected chi connectivity index (χ2v) is 7.50. The van der Waals surface area contributed by atoms with E-state index in [9.17, 15) is 5.11 Å². The van der Waals surface area contributed by atoms with E-state index in [4.69, 9.17) is 11.6 Å². The zero-order chi connectivity index (χ0) is 14.2. The van der Waals surface area contributed by atoms with Crippen LogP contribution >= 0.6 is 66.1 Å². The van der Waals surface area contributed by atoms with Gasteiger partial charge in [-0.2, -0.15) is 0 Å². The molecule has 19 heavy (non-hydrogen) atoms. The average molecular weight is 516 g/mol. The third-order valence-electron chi connectivity index (χ3n) is 2.83. The molecule has 0 spiro atoms. The van der Waals surface area contributed by atoms with Crippen molar-refractivity contribution in [2.24, 2.45) is 0 Å². The van der Waals surface area contributed by atoms with E-state index < -0.39 is 6.10 Å². The molecule has 0 amide bonds. The molecular weight excluding hydrogens is 506 g/mol. The predicted octanol–water partition coefficient (Wildman–Crippen LogP) is 5.86. The first-order chi connectivity index (χ1) is 8.90. The van der Waals surface area contributed by atoms with Gasteiger partial charge in [0.1, 0.15) is 6.10 Å². The van der Waals surface area contributed by atoms with E-state index in [0.29, 0.717) is 5.02 Å². The first-order valence-corrected chi connectivity index (χ1v) is 8.53. The minimum atomic E-state index is -0.711. The Morgan fingerprint density at radius 1 is 1.11 bits per heavy atom. The molecule has 0 aromatic heterocycles. The van der Waals surface area contributed by atoms with E-state index in [1.54, 1.807) is 6.07 Å². The molecule has 0 saturated heterocycles. The van der Waals surface area contributed by atoms with Gasteiger partial charge in [0.2, 0.25) is 0 Å². The fourth-order valence-corrected chi connectivity index (χ4v) is 3.61. The molecule has 2 aromatic carbocycles. The number of hydrogen-bond donors (Lipinski definition) is 1. The van der Waals surface area contributed by atoms with Gasteiger partial charge < -0.3 is 5.11 Å². The lowest BCUT2D eigenvalue weighted by Gasteiger charge is -2.16. The van der Waals surface area contributed by atoms with Crippen LogP contribution in [-0.4, -0.2) is 5.11 Å². The number of rotatable bonds is 2. The molecule has 0 saturated carbocycles. The number of benzene rings is 2. The van der Waals surface area contributed by atoms with Crippen LogP contribution in [0.1, 0.15) is 22.8 Å². The van der Waals surface area contributed by atoms with Crippen LogP contribution in [0.5, 0.6) is 0 Å². The first-order valence-electron chi connectivity index (χ1n) is 5.48. The largest absolute Gasteiger partial charge is 0.384 e. The summed E-state index contributed by atoms with van der Waals surface area (Å²) in [7, 11) is 0.